The van der Waals surface area contributed by atoms with Gasteiger partial charge in [0.25, 0.3) is 0 Å². The van der Waals surface area contributed by atoms with Crippen molar-refractivity contribution in [2.75, 3.05) is 6.61 Å². The second-order valence-corrected chi connectivity index (χ2v) is 6.71. The van der Waals surface area contributed by atoms with Gasteiger partial charge >= 0.3 is 0 Å². The Hall–Kier alpha value is -0.970. The van der Waals surface area contributed by atoms with Gasteiger partial charge in [0.05, 0.1) is 16.7 Å². The number of hydrogen-bond acceptors (Lipinski definition) is 3. The molecule has 3 nitrogen and oxygen atoms in total. The van der Waals surface area contributed by atoms with Crippen molar-refractivity contribution in [2.24, 2.45) is 0 Å². The fourth-order valence-electron chi connectivity index (χ4n) is 2.21. The fraction of sp³-hybridized carbons (Fsp3) is 0.333. The van der Waals surface area contributed by atoms with Crippen LogP contribution in [0.15, 0.2) is 36.4 Å². The molecule has 0 aliphatic heterocycles. The first-order chi connectivity index (χ1) is 11.5. The van der Waals surface area contributed by atoms with Crippen LogP contribution in [0.5, 0.6) is 5.75 Å². The third-order valence-corrected chi connectivity index (χ3v) is 4.67. The summed E-state index contributed by atoms with van der Waals surface area (Å²) in [5.41, 5.74) is 1.87. The van der Waals surface area contributed by atoms with Crippen LogP contribution >= 0.6 is 34.8 Å². The maximum Gasteiger partial charge on any atom is 0.124 e. The van der Waals surface area contributed by atoms with Gasteiger partial charge in [-0.2, -0.15) is 0 Å². The summed E-state index contributed by atoms with van der Waals surface area (Å²) in [6.07, 6.45) is 0.844. The number of halogens is 3. The lowest BCUT2D eigenvalue weighted by Gasteiger charge is -2.17. The minimum absolute atomic E-state index is 0.0481. The summed E-state index contributed by atoms with van der Waals surface area (Å²) in [5, 5.41) is 14.2. The lowest BCUT2D eigenvalue weighted by Crippen LogP contribution is -2.31. The first-order valence-electron chi connectivity index (χ1n) is 7.72. The number of benzene rings is 2. The summed E-state index contributed by atoms with van der Waals surface area (Å²) in [6.45, 7) is 3.06. The van der Waals surface area contributed by atoms with Gasteiger partial charge in [0, 0.05) is 23.2 Å². The number of hydrogen-bond donors (Lipinski definition) is 2. The largest absolute Gasteiger partial charge is 0.489 e. The summed E-state index contributed by atoms with van der Waals surface area (Å²) in [6, 6.07) is 11.0. The Bertz CT molecular complexity index is 675. The standard InChI is InChI=1S/C18H20Cl3NO2/c1-2-15(10-23)22-9-13-8-14(19)4-6-18(13)24-11-12-3-5-16(20)17(21)7-12/h3-8,15,22-23H,2,9-11H2,1H3. The van der Waals surface area contributed by atoms with Crippen LogP contribution in [-0.2, 0) is 13.2 Å². The van der Waals surface area contributed by atoms with E-state index in [4.69, 9.17) is 39.5 Å². The van der Waals surface area contributed by atoms with Gasteiger partial charge < -0.3 is 15.2 Å². The molecule has 1 atom stereocenters. The van der Waals surface area contributed by atoms with Crippen molar-refractivity contribution in [1.29, 1.82) is 0 Å². The van der Waals surface area contributed by atoms with E-state index in [-0.39, 0.29) is 12.6 Å². The fourth-order valence-corrected chi connectivity index (χ4v) is 2.73. The zero-order valence-corrected chi connectivity index (χ0v) is 15.6. The van der Waals surface area contributed by atoms with E-state index in [1.807, 2.05) is 25.1 Å². The molecule has 2 rings (SSSR count). The van der Waals surface area contributed by atoms with Gasteiger partial charge in [-0.3, -0.25) is 0 Å². The van der Waals surface area contributed by atoms with Gasteiger partial charge in [-0.05, 0) is 42.3 Å². The van der Waals surface area contributed by atoms with Crippen molar-refractivity contribution < 1.29 is 9.84 Å². The molecule has 0 aliphatic carbocycles. The molecule has 1 unspecified atom stereocenters. The molecular weight excluding hydrogens is 369 g/mol. The van der Waals surface area contributed by atoms with E-state index in [0.717, 1.165) is 23.3 Å². The Labute approximate surface area is 157 Å². The quantitative estimate of drug-likeness (QED) is 0.662. The lowest BCUT2D eigenvalue weighted by molar-refractivity contribution is 0.237. The highest BCUT2D eigenvalue weighted by Crippen LogP contribution is 2.26. The molecule has 0 saturated carbocycles. The third-order valence-electron chi connectivity index (χ3n) is 3.70. The first-order valence-corrected chi connectivity index (χ1v) is 8.86. The molecular formula is C18H20Cl3NO2. The van der Waals surface area contributed by atoms with E-state index >= 15 is 0 Å². The average molecular weight is 389 g/mol. The van der Waals surface area contributed by atoms with Crippen LogP contribution in [0, 0.1) is 0 Å². The zero-order valence-electron chi connectivity index (χ0n) is 13.4. The molecule has 0 bridgehead atoms. The molecule has 130 valence electrons. The minimum Gasteiger partial charge on any atom is -0.489 e. The molecule has 6 heteroatoms. The minimum atomic E-state index is 0.0481. The molecule has 2 aromatic rings. The van der Waals surface area contributed by atoms with Gasteiger partial charge in [-0.1, -0.05) is 47.8 Å². The molecule has 2 aromatic carbocycles. The molecule has 0 heterocycles. The lowest BCUT2D eigenvalue weighted by atomic mass is 10.1. The second-order valence-electron chi connectivity index (χ2n) is 5.46. The molecule has 0 saturated heterocycles. The van der Waals surface area contributed by atoms with Gasteiger partial charge in [0.15, 0.2) is 0 Å². The number of aliphatic hydroxyl groups excluding tert-OH is 1. The van der Waals surface area contributed by atoms with E-state index in [9.17, 15) is 5.11 Å². The normalized spacial score (nSPS) is 12.2. The summed E-state index contributed by atoms with van der Waals surface area (Å²) in [7, 11) is 0. The Morgan fingerprint density at radius 2 is 1.88 bits per heavy atom. The van der Waals surface area contributed by atoms with E-state index in [1.165, 1.54) is 0 Å². The maximum atomic E-state index is 9.29. The topological polar surface area (TPSA) is 41.5 Å². The highest BCUT2D eigenvalue weighted by atomic mass is 35.5. The number of aliphatic hydroxyl groups is 1. The van der Waals surface area contributed by atoms with Crippen LogP contribution in [0.2, 0.25) is 15.1 Å². The summed E-state index contributed by atoms with van der Waals surface area (Å²) < 4.78 is 5.91. The van der Waals surface area contributed by atoms with Crippen molar-refractivity contribution in [1.82, 2.24) is 5.32 Å². The number of nitrogens with one attached hydrogen (secondary N) is 1. The molecule has 0 fully saturated rings. The van der Waals surface area contributed by atoms with Crippen molar-refractivity contribution in [2.45, 2.75) is 32.5 Å². The molecule has 24 heavy (non-hydrogen) atoms. The SMILES string of the molecule is CCC(CO)NCc1cc(Cl)ccc1OCc1ccc(Cl)c(Cl)c1. The van der Waals surface area contributed by atoms with Crippen LogP contribution < -0.4 is 10.1 Å². The van der Waals surface area contributed by atoms with Crippen LogP contribution in [-0.4, -0.2) is 17.8 Å². The number of ether oxygens (including phenoxy) is 1. The number of rotatable bonds is 8. The summed E-state index contributed by atoms with van der Waals surface area (Å²) >= 11 is 18.0. The van der Waals surface area contributed by atoms with Crippen LogP contribution in [0.1, 0.15) is 24.5 Å². The van der Waals surface area contributed by atoms with E-state index < -0.39 is 0 Å². The van der Waals surface area contributed by atoms with Gasteiger partial charge in [0.1, 0.15) is 12.4 Å². The molecule has 0 radical (unpaired) electrons. The van der Waals surface area contributed by atoms with Gasteiger partial charge in [-0.25, -0.2) is 0 Å². The zero-order chi connectivity index (χ0) is 17.5. The summed E-state index contributed by atoms with van der Waals surface area (Å²) in [5.74, 6) is 0.741. The van der Waals surface area contributed by atoms with E-state index in [0.29, 0.717) is 28.2 Å². The van der Waals surface area contributed by atoms with Crippen molar-refractivity contribution in [3.05, 3.63) is 62.6 Å². The Morgan fingerprint density at radius 3 is 2.54 bits per heavy atom. The van der Waals surface area contributed by atoms with Crippen molar-refractivity contribution in [3.63, 3.8) is 0 Å². The predicted octanol–water partition coefficient (Wildman–Crippen LogP) is 5.09. The molecule has 0 aliphatic rings. The van der Waals surface area contributed by atoms with E-state index in [2.05, 4.69) is 5.32 Å². The Balaban J connectivity index is 2.07. The Morgan fingerprint density at radius 1 is 1.08 bits per heavy atom. The summed E-state index contributed by atoms with van der Waals surface area (Å²) in [4.78, 5) is 0. The molecule has 0 amide bonds. The average Bonchev–Trinajstić information content (AvgIpc) is 2.58. The maximum absolute atomic E-state index is 9.29. The van der Waals surface area contributed by atoms with Crippen LogP contribution in [0.3, 0.4) is 0 Å². The van der Waals surface area contributed by atoms with Gasteiger partial charge in [-0.15, -0.1) is 0 Å². The van der Waals surface area contributed by atoms with Gasteiger partial charge in [0.2, 0.25) is 0 Å². The highest BCUT2D eigenvalue weighted by Gasteiger charge is 2.09. The van der Waals surface area contributed by atoms with Crippen LogP contribution in [0.25, 0.3) is 0 Å². The molecule has 0 spiro atoms. The van der Waals surface area contributed by atoms with Crippen molar-refractivity contribution in [3.8, 4) is 5.75 Å². The molecule has 0 aromatic heterocycles. The second kappa shape index (κ2) is 9.50. The van der Waals surface area contributed by atoms with Crippen molar-refractivity contribution >= 4 is 34.8 Å². The Kier molecular flexibility index (Phi) is 7.66. The van der Waals surface area contributed by atoms with E-state index in [1.54, 1.807) is 18.2 Å². The predicted molar refractivity (Wildman–Crippen MR) is 100 cm³/mol. The first kappa shape index (κ1) is 19.4. The highest BCUT2D eigenvalue weighted by molar-refractivity contribution is 6.42. The smallest absolute Gasteiger partial charge is 0.124 e. The monoisotopic (exact) mass is 387 g/mol. The third kappa shape index (κ3) is 5.54. The van der Waals surface area contributed by atoms with Crippen LogP contribution in [0.4, 0.5) is 0 Å². The molecule has 2 N–H and O–H groups in total.